The number of aromatic nitrogens is 1. The highest BCUT2D eigenvalue weighted by molar-refractivity contribution is 5.98. The number of hydrogen-bond acceptors (Lipinski definition) is 3. The van der Waals surface area contributed by atoms with E-state index in [4.69, 9.17) is 0 Å². The van der Waals surface area contributed by atoms with Crippen molar-refractivity contribution < 1.29 is 19.1 Å². The summed E-state index contributed by atoms with van der Waals surface area (Å²) in [7, 11) is 0. The second-order valence-electron chi connectivity index (χ2n) is 5.61. The first-order valence-corrected chi connectivity index (χ1v) is 7.59. The smallest absolute Gasteiger partial charge is 0.273 e. The van der Waals surface area contributed by atoms with Gasteiger partial charge >= 0.3 is 0 Å². The van der Waals surface area contributed by atoms with Crippen LogP contribution in [0.25, 0.3) is 10.9 Å². The zero-order valence-corrected chi connectivity index (χ0v) is 13.4. The molecule has 0 bridgehead atoms. The van der Waals surface area contributed by atoms with Gasteiger partial charge in [-0.3, -0.25) is 20.4 Å². The number of aromatic hydroxyl groups is 1. The SMILES string of the molecule is Cc1[nH]c2ccc(F)cc2c1CC(=O)NNC(=O)c1ccccc1O. The predicted octanol–water partition coefficient (Wildman–Crippen LogP) is 2.32. The zero-order valence-electron chi connectivity index (χ0n) is 13.4. The molecule has 0 aliphatic heterocycles. The minimum atomic E-state index is -0.631. The third-order valence-electron chi connectivity index (χ3n) is 3.88. The van der Waals surface area contributed by atoms with Crippen molar-refractivity contribution in [1.82, 2.24) is 15.8 Å². The summed E-state index contributed by atoms with van der Waals surface area (Å²) in [6.07, 6.45) is -0.0314. The Bertz CT molecular complexity index is 965. The number of nitrogens with one attached hydrogen (secondary N) is 3. The molecule has 0 unspecified atom stereocenters. The molecule has 3 rings (SSSR count). The first-order chi connectivity index (χ1) is 12.0. The van der Waals surface area contributed by atoms with E-state index in [1.54, 1.807) is 25.1 Å². The molecule has 1 heterocycles. The number of amides is 2. The van der Waals surface area contributed by atoms with Gasteiger partial charge in [0.1, 0.15) is 11.6 Å². The van der Waals surface area contributed by atoms with Gasteiger partial charge in [-0.2, -0.15) is 0 Å². The van der Waals surface area contributed by atoms with Gasteiger partial charge in [-0.15, -0.1) is 0 Å². The largest absolute Gasteiger partial charge is 0.507 e. The summed E-state index contributed by atoms with van der Waals surface area (Å²) < 4.78 is 13.4. The Morgan fingerprint density at radius 3 is 2.68 bits per heavy atom. The fraction of sp³-hybridized carbons (Fsp3) is 0.111. The van der Waals surface area contributed by atoms with E-state index in [-0.39, 0.29) is 23.6 Å². The normalized spacial score (nSPS) is 10.6. The monoisotopic (exact) mass is 341 g/mol. The molecule has 0 saturated heterocycles. The van der Waals surface area contributed by atoms with Gasteiger partial charge in [0.15, 0.2) is 0 Å². The number of aryl methyl sites for hydroxylation is 1. The van der Waals surface area contributed by atoms with Gasteiger partial charge in [-0.05, 0) is 42.8 Å². The number of carbonyl (C=O) groups excluding carboxylic acids is 2. The number of carbonyl (C=O) groups is 2. The Labute approximate surface area is 142 Å². The molecule has 2 amide bonds. The van der Waals surface area contributed by atoms with Gasteiger partial charge in [0, 0.05) is 16.6 Å². The molecule has 0 saturated carbocycles. The Kier molecular flexibility index (Phi) is 4.38. The fourth-order valence-corrected chi connectivity index (χ4v) is 2.65. The lowest BCUT2D eigenvalue weighted by Crippen LogP contribution is -2.42. The van der Waals surface area contributed by atoms with Crippen molar-refractivity contribution in [3.63, 3.8) is 0 Å². The van der Waals surface area contributed by atoms with Crippen LogP contribution in [-0.2, 0) is 11.2 Å². The number of para-hydroxylation sites is 1. The van der Waals surface area contributed by atoms with E-state index in [9.17, 15) is 19.1 Å². The first kappa shape index (κ1) is 16.5. The second kappa shape index (κ2) is 6.64. The summed E-state index contributed by atoms with van der Waals surface area (Å²) in [5.41, 5.74) is 6.74. The Morgan fingerprint density at radius 2 is 1.92 bits per heavy atom. The minimum absolute atomic E-state index is 0.0314. The highest BCUT2D eigenvalue weighted by Crippen LogP contribution is 2.23. The number of rotatable bonds is 3. The molecule has 3 aromatic rings. The zero-order chi connectivity index (χ0) is 18.0. The lowest BCUT2D eigenvalue weighted by molar-refractivity contribution is -0.121. The maximum absolute atomic E-state index is 13.4. The van der Waals surface area contributed by atoms with E-state index in [1.165, 1.54) is 24.3 Å². The molecular formula is C18H16FN3O3. The highest BCUT2D eigenvalue weighted by atomic mass is 19.1. The molecule has 0 aliphatic rings. The van der Waals surface area contributed by atoms with Crippen LogP contribution in [0.2, 0.25) is 0 Å². The van der Waals surface area contributed by atoms with Crippen molar-refractivity contribution in [2.75, 3.05) is 0 Å². The maximum Gasteiger partial charge on any atom is 0.273 e. The van der Waals surface area contributed by atoms with Crippen molar-refractivity contribution in [1.29, 1.82) is 0 Å². The molecule has 4 N–H and O–H groups in total. The van der Waals surface area contributed by atoms with Gasteiger partial charge in [0.05, 0.1) is 12.0 Å². The lowest BCUT2D eigenvalue weighted by atomic mass is 10.1. The third-order valence-corrected chi connectivity index (χ3v) is 3.88. The number of aromatic amines is 1. The van der Waals surface area contributed by atoms with Gasteiger partial charge in [-0.25, -0.2) is 4.39 Å². The standard InChI is InChI=1S/C18H16FN3O3/c1-10-13(14-8-11(19)6-7-15(14)20-10)9-17(24)21-22-18(25)12-4-2-3-5-16(12)23/h2-8,20,23H,9H2,1H3,(H,21,24)(H,22,25). The van der Waals surface area contributed by atoms with Crippen LogP contribution in [0.15, 0.2) is 42.5 Å². The third kappa shape index (κ3) is 3.45. The van der Waals surface area contributed by atoms with Crippen molar-refractivity contribution in [2.45, 2.75) is 13.3 Å². The van der Waals surface area contributed by atoms with Gasteiger partial charge in [0.25, 0.3) is 5.91 Å². The van der Waals surface area contributed by atoms with Crippen LogP contribution in [-0.4, -0.2) is 21.9 Å². The van der Waals surface area contributed by atoms with E-state index in [1.807, 2.05) is 0 Å². The Morgan fingerprint density at radius 1 is 1.16 bits per heavy atom. The Hall–Kier alpha value is -3.35. The topological polar surface area (TPSA) is 94.2 Å². The second-order valence-corrected chi connectivity index (χ2v) is 5.61. The number of hydrazine groups is 1. The number of phenolic OH excluding ortho intramolecular Hbond substituents is 1. The van der Waals surface area contributed by atoms with Gasteiger partial charge in [0.2, 0.25) is 5.91 Å². The molecule has 2 aromatic carbocycles. The van der Waals surface area contributed by atoms with E-state index in [0.29, 0.717) is 10.9 Å². The maximum atomic E-state index is 13.4. The first-order valence-electron chi connectivity index (χ1n) is 7.59. The Balaban J connectivity index is 1.69. The molecule has 6 nitrogen and oxygen atoms in total. The van der Waals surface area contributed by atoms with Crippen LogP contribution in [0.3, 0.4) is 0 Å². The van der Waals surface area contributed by atoms with Crippen LogP contribution in [0.1, 0.15) is 21.6 Å². The van der Waals surface area contributed by atoms with E-state index in [0.717, 1.165) is 11.2 Å². The average molecular weight is 341 g/mol. The summed E-state index contributed by atoms with van der Waals surface area (Å²) >= 11 is 0. The predicted molar refractivity (Wildman–Crippen MR) is 90.4 cm³/mol. The quantitative estimate of drug-likeness (QED) is 0.551. The molecule has 0 aliphatic carbocycles. The summed E-state index contributed by atoms with van der Waals surface area (Å²) in [5.74, 6) is -1.66. The van der Waals surface area contributed by atoms with E-state index < -0.39 is 11.8 Å². The number of phenols is 1. The van der Waals surface area contributed by atoms with E-state index in [2.05, 4.69) is 15.8 Å². The number of benzene rings is 2. The van der Waals surface area contributed by atoms with Crippen LogP contribution in [0.5, 0.6) is 5.75 Å². The molecule has 0 radical (unpaired) electrons. The average Bonchev–Trinajstić information content (AvgIpc) is 2.88. The van der Waals surface area contributed by atoms with Gasteiger partial charge < -0.3 is 10.1 Å². The van der Waals surface area contributed by atoms with Crippen molar-refractivity contribution in [3.05, 3.63) is 65.1 Å². The summed E-state index contributed by atoms with van der Waals surface area (Å²) in [4.78, 5) is 27.2. The molecule has 0 atom stereocenters. The molecular weight excluding hydrogens is 325 g/mol. The fourth-order valence-electron chi connectivity index (χ4n) is 2.65. The number of halogens is 1. The molecule has 7 heteroatoms. The van der Waals surface area contributed by atoms with Gasteiger partial charge in [-0.1, -0.05) is 12.1 Å². The van der Waals surface area contributed by atoms with Crippen LogP contribution in [0, 0.1) is 12.7 Å². The summed E-state index contributed by atoms with van der Waals surface area (Å²) in [5, 5.41) is 10.2. The molecule has 25 heavy (non-hydrogen) atoms. The minimum Gasteiger partial charge on any atom is -0.507 e. The molecule has 1 aromatic heterocycles. The lowest BCUT2D eigenvalue weighted by Gasteiger charge is -2.08. The van der Waals surface area contributed by atoms with Crippen molar-refractivity contribution in [2.24, 2.45) is 0 Å². The van der Waals surface area contributed by atoms with Crippen molar-refractivity contribution >= 4 is 22.7 Å². The number of fused-ring (bicyclic) bond motifs is 1. The summed E-state index contributed by atoms with van der Waals surface area (Å²) in [6, 6.07) is 10.3. The molecule has 0 fully saturated rings. The van der Waals surface area contributed by atoms with Crippen LogP contribution in [0.4, 0.5) is 4.39 Å². The number of H-pyrrole nitrogens is 1. The molecule has 0 spiro atoms. The number of hydrogen-bond donors (Lipinski definition) is 4. The van der Waals surface area contributed by atoms with Crippen molar-refractivity contribution in [3.8, 4) is 5.75 Å². The summed E-state index contributed by atoms with van der Waals surface area (Å²) in [6.45, 7) is 1.79. The molecule has 128 valence electrons. The highest BCUT2D eigenvalue weighted by Gasteiger charge is 2.15. The van der Waals surface area contributed by atoms with Crippen LogP contribution < -0.4 is 10.9 Å². The van der Waals surface area contributed by atoms with Crippen LogP contribution >= 0.6 is 0 Å². The van der Waals surface area contributed by atoms with E-state index >= 15 is 0 Å².